The number of carbonyl (C=O) groups is 3. The Morgan fingerprint density at radius 1 is 0.323 bits per heavy atom. The summed E-state index contributed by atoms with van der Waals surface area (Å²) in [6, 6.07) is 0. The monoisotopic (exact) mass is 909 g/mol. The average Bonchev–Trinajstić information content (AvgIpc) is 3.30. The van der Waals surface area contributed by atoms with Crippen molar-refractivity contribution in [1.82, 2.24) is 0 Å². The summed E-state index contributed by atoms with van der Waals surface area (Å²) in [7, 11) is 0. The van der Waals surface area contributed by atoms with Gasteiger partial charge in [0.2, 0.25) is 0 Å². The van der Waals surface area contributed by atoms with Crippen LogP contribution in [0.15, 0.2) is 60.8 Å². The number of hydrogen-bond donors (Lipinski definition) is 0. The maximum Gasteiger partial charge on any atom is 0.306 e. The number of ether oxygens (including phenoxy) is 3. The van der Waals surface area contributed by atoms with Crippen LogP contribution < -0.4 is 0 Å². The van der Waals surface area contributed by atoms with Gasteiger partial charge < -0.3 is 14.2 Å². The molecule has 0 bridgehead atoms. The average molecular weight is 909 g/mol. The van der Waals surface area contributed by atoms with E-state index in [4.69, 9.17) is 14.2 Å². The molecule has 0 rings (SSSR count). The molecule has 0 saturated carbocycles. The highest BCUT2D eigenvalue weighted by Crippen LogP contribution is 2.16. The van der Waals surface area contributed by atoms with Gasteiger partial charge in [-0.2, -0.15) is 0 Å². The third-order valence-electron chi connectivity index (χ3n) is 12.0. The van der Waals surface area contributed by atoms with E-state index >= 15 is 0 Å². The van der Waals surface area contributed by atoms with Crippen LogP contribution in [-0.2, 0) is 28.6 Å². The van der Waals surface area contributed by atoms with E-state index in [1.165, 1.54) is 141 Å². The smallest absolute Gasteiger partial charge is 0.306 e. The lowest BCUT2D eigenvalue weighted by molar-refractivity contribution is -0.167. The first kappa shape index (κ1) is 62.1. The minimum absolute atomic E-state index is 0.0812. The molecule has 0 aliphatic rings. The summed E-state index contributed by atoms with van der Waals surface area (Å²) in [5.74, 6) is -0.904. The first-order valence-electron chi connectivity index (χ1n) is 27.8. The lowest BCUT2D eigenvalue weighted by Crippen LogP contribution is -2.30. The quantitative estimate of drug-likeness (QED) is 0.0262. The summed E-state index contributed by atoms with van der Waals surface area (Å²) in [6.45, 7) is 6.52. The lowest BCUT2D eigenvalue weighted by Gasteiger charge is -2.18. The molecule has 0 unspecified atom stereocenters. The van der Waals surface area contributed by atoms with E-state index in [1.54, 1.807) is 0 Å². The second-order valence-corrected chi connectivity index (χ2v) is 18.5. The second-order valence-electron chi connectivity index (χ2n) is 18.5. The van der Waals surface area contributed by atoms with Crippen molar-refractivity contribution >= 4 is 17.9 Å². The number of hydrogen-bond acceptors (Lipinski definition) is 6. The Morgan fingerprint density at radius 2 is 0.600 bits per heavy atom. The van der Waals surface area contributed by atoms with Crippen molar-refractivity contribution in [3.8, 4) is 0 Å². The van der Waals surface area contributed by atoms with Gasteiger partial charge in [-0.25, -0.2) is 0 Å². The molecule has 0 N–H and O–H groups in total. The van der Waals surface area contributed by atoms with E-state index in [-0.39, 0.29) is 31.1 Å². The Balaban J connectivity index is 4.38. The van der Waals surface area contributed by atoms with Crippen molar-refractivity contribution in [2.45, 2.75) is 284 Å². The van der Waals surface area contributed by atoms with Crippen LogP contribution >= 0.6 is 0 Å². The van der Waals surface area contributed by atoms with Crippen LogP contribution in [0, 0.1) is 0 Å². The number of carbonyl (C=O) groups excluding carboxylic acids is 3. The largest absolute Gasteiger partial charge is 0.462 e. The van der Waals surface area contributed by atoms with E-state index in [2.05, 4.69) is 81.5 Å². The van der Waals surface area contributed by atoms with Crippen molar-refractivity contribution in [3.63, 3.8) is 0 Å². The normalized spacial score (nSPS) is 12.5. The lowest BCUT2D eigenvalue weighted by atomic mass is 10.0. The number of esters is 3. The van der Waals surface area contributed by atoms with Crippen LogP contribution in [0.25, 0.3) is 0 Å². The molecule has 0 heterocycles. The Labute approximate surface area is 402 Å². The molecule has 65 heavy (non-hydrogen) atoms. The summed E-state index contributed by atoms with van der Waals surface area (Å²) < 4.78 is 16.8. The molecule has 0 radical (unpaired) electrons. The Bertz CT molecular complexity index is 1180. The minimum atomic E-state index is -0.783. The van der Waals surface area contributed by atoms with E-state index in [0.29, 0.717) is 19.3 Å². The predicted octanol–water partition coefficient (Wildman–Crippen LogP) is 18.4. The Kier molecular flexibility index (Phi) is 51.3. The van der Waals surface area contributed by atoms with Crippen LogP contribution in [0.4, 0.5) is 0 Å². The molecule has 0 fully saturated rings. The van der Waals surface area contributed by atoms with Crippen molar-refractivity contribution in [3.05, 3.63) is 60.8 Å². The van der Waals surface area contributed by atoms with Crippen LogP contribution in [0.1, 0.15) is 278 Å². The standard InChI is InChI=1S/C59H104O6/c1-4-7-10-13-16-19-22-24-26-28-29-31-32-34-37-40-43-46-49-52-58(61)64-55-56(54-63-57(60)51-48-45-42-39-36-21-18-15-12-9-6-3)65-59(62)53-50-47-44-41-38-35-33-30-27-25-23-20-17-14-11-8-5-2/h7,10,16,19,24,26,29,31,34,37,56H,4-6,8-9,11-15,17-18,20-23,25,27-28,30,32-33,35-36,38-55H2,1-3H3/b10-7-,19-16-,26-24-,31-29-,37-34-/t56-/m0/s1. The first-order chi connectivity index (χ1) is 32.0. The maximum absolute atomic E-state index is 12.8. The highest BCUT2D eigenvalue weighted by molar-refractivity contribution is 5.71. The van der Waals surface area contributed by atoms with Crippen molar-refractivity contribution in [1.29, 1.82) is 0 Å². The number of unbranched alkanes of at least 4 members (excludes halogenated alkanes) is 29. The molecule has 6 nitrogen and oxygen atoms in total. The zero-order chi connectivity index (χ0) is 47.2. The van der Waals surface area contributed by atoms with E-state index in [0.717, 1.165) is 96.3 Å². The molecule has 0 saturated heterocycles. The number of allylic oxidation sites excluding steroid dienone is 10. The van der Waals surface area contributed by atoms with E-state index in [9.17, 15) is 14.4 Å². The van der Waals surface area contributed by atoms with Gasteiger partial charge in [0.05, 0.1) is 0 Å². The highest BCUT2D eigenvalue weighted by atomic mass is 16.6. The molecule has 0 aliphatic heterocycles. The zero-order valence-corrected chi connectivity index (χ0v) is 43.0. The van der Waals surface area contributed by atoms with Crippen LogP contribution in [-0.4, -0.2) is 37.2 Å². The van der Waals surface area contributed by atoms with Crippen LogP contribution in [0.2, 0.25) is 0 Å². The summed E-state index contributed by atoms with van der Waals surface area (Å²) in [5.41, 5.74) is 0. The van der Waals surface area contributed by atoms with Gasteiger partial charge in [-0.15, -0.1) is 0 Å². The molecule has 0 aromatic rings. The summed E-state index contributed by atoms with van der Waals surface area (Å²) in [6.07, 6.45) is 66.4. The zero-order valence-electron chi connectivity index (χ0n) is 43.0. The van der Waals surface area contributed by atoms with Crippen molar-refractivity contribution in [2.24, 2.45) is 0 Å². The highest BCUT2D eigenvalue weighted by Gasteiger charge is 2.19. The van der Waals surface area contributed by atoms with E-state index in [1.807, 2.05) is 0 Å². The Hall–Kier alpha value is -2.89. The molecular formula is C59H104O6. The predicted molar refractivity (Wildman–Crippen MR) is 279 cm³/mol. The third kappa shape index (κ3) is 51.9. The minimum Gasteiger partial charge on any atom is -0.462 e. The summed E-state index contributed by atoms with van der Waals surface area (Å²) in [4.78, 5) is 38.0. The van der Waals surface area contributed by atoms with Gasteiger partial charge in [0.15, 0.2) is 6.10 Å². The molecule has 1 atom stereocenters. The SMILES string of the molecule is CC/C=C\C/C=C\C/C=C\C/C=C\C/C=C\CCCCCC(=O)OC[C@H](COC(=O)CCCCCCCCCCCCC)OC(=O)CCCCCCCCCCCCCCCCCCC. The van der Waals surface area contributed by atoms with Gasteiger partial charge in [-0.05, 0) is 64.2 Å². The first-order valence-corrected chi connectivity index (χ1v) is 27.8. The Morgan fingerprint density at radius 3 is 0.938 bits per heavy atom. The summed E-state index contributed by atoms with van der Waals surface area (Å²) in [5, 5.41) is 0. The molecule has 0 amide bonds. The van der Waals surface area contributed by atoms with Crippen LogP contribution in [0.3, 0.4) is 0 Å². The molecule has 0 aromatic heterocycles. The fourth-order valence-corrected chi connectivity index (χ4v) is 7.88. The molecule has 0 spiro atoms. The van der Waals surface area contributed by atoms with Gasteiger partial charge in [0, 0.05) is 19.3 Å². The van der Waals surface area contributed by atoms with Gasteiger partial charge in [-0.3, -0.25) is 14.4 Å². The van der Waals surface area contributed by atoms with Gasteiger partial charge >= 0.3 is 17.9 Å². The maximum atomic E-state index is 12.8. The molecule has 6 heteroatoms. The second kappa shape index (κ2) is 53.7. The van der Waals surface area contributed by atoms with Crippen molar-refractivity contribution in [2.75, 3.05) is 13.2 Å². The third-order valence-corrected chi connectivity index (χ3v) is 12.0. The fraction of sp³-hybridized carbons (Fsp3) is 0.780. The number of rotatable bonds is 50. The van der Waals surface area contributed by atoms with E-state index < -0.39 is 6.10 Å². The van der Waals surface area contributed by atoms with Crippen molar-refractivity contribution < 1.29 is 28.6 Å². The molecule has 0 aliphatic carbocycles. The molecular weight excluding hydrogens is 805 g/mol. The van der Waals surface area contributed by atoms with Crippen LogP contribution in [0.5, 0.6) is 0 Å². The van der Waals surface area contributed by atoms with Gasteiger partial charge in [-0.1, -0.05) is 255 Å². The molecule has 0 aromatic carbocycles. The molecule has 376 valence electrons. The van der Waals surface area contributed by atoms with Gasteiger partial charge in [0.1, 0.15) is 13.2 Å². The van der Waals surface area contributed by atoms with Gasteiger partial charge in [0.25, 0.3) is 0 Å². The summed E-state index contributed by atoms with van der Waals surface area (Å²) >= 11 is 0. The topological polar surface area (TPSA) is 78.9 Å². The fourth-order valence-electron chi connectivity index (χ4n) is 7.88.